The molecule has 0 radical (unpaired) electrons. The molecule has 3 nitrogen and oxygen atoms in total. The van der Waals surface area contributed by atoms with Crippen LogP contribution in [0.2, 0.25) is 0 Å². The zero-order chi connectivity index (χ0) is 42.6. The van der Waals surface area contributed by atoms with Crippen LogP contribution in [0.1, 0.15) is 0 Å². The van der Waals surface area contributed by atoms with E-state index in [-0.39, 0.29) is 0 Å². The van der Waals surface area contributed by atoms with Crippen molar-refractivity contribution in [3.05, 3.63) is 237 Å². The monoisotopic (exact) mass is 900 g/mol. The van der Waals surface area contributed by atoms with Crippen LogP contribution in [0.4, 0.5) is 0 Å². The van der Waals surface area contributed by atoms with E-state index < -0.39 is 19.2 Å². The molecule has 0 amide bonds. The molecule has 0 N–H and O–H groups in total. The molecule has 0 atom stereocenters. The zero-order valence-corrected chi connectivity index (χ0v) is 38.3. The Labute approximate surface area is 377 Å². The molecule has 0 aliphatic rings. The number of nitrogens with zero attached hydrogens (tertiary/aromatic N) is 2. The number of rotatable bonds is 9. The van der Waals surface area contributed by atoms with E-state index in [1.54, 1.807) is 0 Å². The molecule has 2 heterocycles. The van der Waals surface area contributed by atoms with Crippen molar-refractivity contribution in [3.63, 3.8) is 0 Å². The molecule has 0 saturated carbocycles. The highest BCUT2D eigenvalue weighted by molar-refractivity contribution is 8.26. The Morgan fingerprint density at radius 1 is 0.333 bits per heavy atom. The number of aromatic nitrogens is 2. The van der Waals surface area contributed by atoms with Crippen molar-refractivity contribution >= 4 is 129 Å². The molecule has 2 aromatic heterocycles. The first-order valence-electron chi connectivity index (χ1n) is 20.9. The molecular formula is C55H39N2OP3S2. The SMILES string of the molecule is O=P(c1ccccc1)(c1ccccc1)c1ccc2c(c1)nc1c3ccc(P(=S)(c4ccccc4)c4ccccc4)cc3c3ccc(P(=S)(c4ccccc4)c4ccccc4)cc3n21. The van der Waals surface area contributed by atoms with E-state index in [1.165, 1.54) is 0 Å². The lowest BCUT2D eigenvalue weighted by Gasteiger charge is -2.26. The maximum atomic E-state index is 15.6. The van der Waals surface area contributed by atoms with Crippen LogP contribution in [0.25, 0.3) is 38.4 Å². The minimum absolute atomic E-state index is 0.738. The summed E-state index contributed by atoms with van der Waals surface area (Å²) in [5, 5.41) is 12.2. The second-order valence-corrected chi connectivity index (χ2v) is 27.3. The molecule has 11 rings (SSSR count). The third-order valence-electron chi connectivity index (χ3n) is 12.2. The van der Waals surface area contributed by atoms with Gasteiger partial charge in [0.05, 0.1) is 16.6 Å². The molecule has 0 bridgehead atoms. The maximum absolute atomic E-state index is 15.6. The van der Waals surface area contributed by atoms with Crippen molar-refractivity contribution in [2.75, 3.05) is 0 Å². The van der Waals surface area contributed by atoms with Crippen LogP contribution in [0.3, 0.4) is 0 Å². The van der Waals surface area contributed by atoms with Crippen LogP contribution in [-0.2, 0) is 28.2 Å². The minimum Gasteiger partial charge on any atom is -0.309 e. The van der Waals surface area contributed by atoms with Crippen LogP contribution in [-0.4, -0.2) is 9.38 Å². The highest BCUT2D eigenvalue weighted by atomic mass is 32.4. The molecule has 0 saturated heterocycles. The van der Waals surface area contributed by atoms with Crippen molar-refractivity contribution in [2.45, 2.75) is 0 Å². The molecule has 0 fully saturated rings. The zero-order valence-electron chi connectivity index (χ0n) is 34.0. The Hall–Kier alpha value is -6.02. The summed E-state index contributed by atoms with van der Waals surface area (Å²) < 4.78 is 17.9. The van der Waals surface area contributed by atoms with E-state index in [2.05, 4.69) is 168 Å². The number of hydrogen-bond acceptors (Lipinski definition) is 4. The van der Waals surface area contributed by atoms with Crippen LogP contribution in [0.5, 0.6) is 0 Å². The van der Waals surface area contributed by atoms with Gasteiger partial charge >= 0.3 is 0 Å². The van der Waals surface area contributed by atoms with Crippen molar-refractivity contribution in [1.29, 1.82) is 0 Å². The average Bonchev–Trinajstić information content (AvgIpc) is 3.76. The Bertz CT molecular complexity index is 3510. The molecule has 11 aromatic rings. The first kappa shape index (κ1) is 39.8. The molecule has 8 heteroatoms. The fourth-order valence-electron chi connectivity index (χ4n) is 9.13. The summed E-state index contributed by atoms with van der Waals surface area (Å²) in [5.74, 6) is 0. The molecular weight excluding hydrogens is 862 g/mol. The van der Waals surface area contributed by atoms with Crippen LogP contribution >= 0.6 is 19.2 Å². The summed E-state index contributed by atoms with van der Waals surface area (Å²) in [5.41, 5.74) is 3.53. The van der Waals surface area contributed by atoms with E-state index in [0.717, 1.165) is 86.1 Å². The van der Waals surface area contributed by atoms with E-state index in [4.69, 9.17) is 28.6 Å². The lowest BCUT2D eigenvalue weighted by Crippen LogP contribution is -2.25. The molecule has 0 spiro atoms. The standard InChI is InChI=1S/C55H39N2OP3S2/c58-59(40-19-7-1-8-20-40,41-21-9-2-10-22-41)46-33-36-53-52(38-46)56-55-50-35-32-47(60(62,42-23-11-3-12-24-42)43-25-13-4-14-26-43)37-51(50)49-34-31-48(39-54(49)57(53)55)61(63,44-27-15-5-16-28-44)45-29-17-6-18-30-45/h1-39H. The second kappa shape index (κ2) is 16.0. The summed E-state index contributed by atoms with van der Waals surface area (Å²) in [6.45, 7) is 0. The minimum atomic E-state index is -3.27. The van der Waals surface area contributed by atoms with Gasteiger partial charge in [-0.25, -0.2) is 4.98 Å². The third kappa shape index (κ3) is 6.45. The van der Waals surface area contributed by atoms with Crippen LogP contribution in [0.15, 0.2) is 237 Å². The fourth-order valence-corrected chi connectivity index (χ4v) is 19.3. The maximum Gasteiger partial charge on any atom is 0.171 e. The predicted molar refractivity (Wildman–Crippen MR) is 279 cm³/mol. The highest BCUT2D eigenvalue weighted by Gasteiger charge is 2.32. The number of benzene rings is 9. The fraction of sp³-hybridized carbons (Fsp3) is 0. The van der Waals surface area contributed by atoms with Gasteiger partial charge in [-0.15, -0.1) is 0 Å². The largest absolute Gasteiger partial charge is 0.309 e. The van der Waals surface area contributed by atoms with Gasteiger partial charge in [0.2, 0.25) is 0 Å². The molecule has 9 aromatic carbocycles. The van der Waals surface area contributed by atoms with Gasteiger partial charge < -0.3 is 4.57 Å². The normalized spacial score (nSPS) is 12.3. The van der Waals surface area contributed by atoms with E-state index >= 15 is 4.57 Å². The van der Waals surface area contributed by atoms with Gasteiger partial charge in [-0.3, -0.25) is 4.40 Å². The van der Waals surface area contributed by atoms with Gasteiger partial charge in [-0.2, -0.15) is 0 Å². The number of hydrogen-bond donors (Lipinski definition) is 0. The summed E-state index contributed by atoms with van der Waals surface area (Å²) in [6, 6.07) is 76.7. The van der Waals surface area contributed by atoms with E-state index in [9.17, 15) is 0 Å². The number of imidazole rings is 1. The smallest absolute Gasteiger partial charge is 0.171 e. The van der Waals surface area contributed by atoms with Gasteiger partial charge in [0, 0.05) is 38.8 Å². The first-order chi connectivity index (χ1) is 30.9. The van der Waals surface area contributed by atoms with Crippen LogP contribution < -0.4 is 47.7 Å². The average molecular weight is 901 g/mol. The first-order valence-corrected chi connectivity index (χ1v) is 28.2. The Morgan fingerprint density at radius 2 is 0.714 bits per heavy atom. The second-order valence-electron chi connectivity index (χ2n) is 15.7. The molecule has 0 aliphatic carbocycles. The number of fused-ring (bicyclic) bond motifs is 8. The summed E-state index contributed by atoms with van der Waals surface area (Å²) in [7, 11) is -3.27. The molecule has 0 aliphatic heterocycles. The van der Waals surface area contributed by atoms with Gasteiger partial charge in [0.1, 0.15) is 5.65 Å². The molecule has 63 heavy (non-hydrogen) atoms. The summed E-state index contributed by atoms with van der Waals surface area (Å²) in [6.07, 6.45) is 0. The van der Waals surface area contributed by atoms with Crippen molar-refractivity contribution in [2.24, 2.45) is 0 Å². The Balaban J connectivity index is 1.23. The molecule has 0 unspecified atom stereocenters. The quantitative estimate of drug-likeness (QED) is 0.107. The van der Waals surface area contributed by atoms with Gasteiger partial charge in [-0.1, -0.05) is 224 Å². The lowest BCUT2D eigenvalue weighted by atomic mass is 10.1. The Morgan fingerprint density at radius 3 is 1.16 bits per heavy atom. The van der Waals surface area contributed by atoms with Crippen molar-refractivity contribution < 1.29 is 4.57 Å². The predicted octanol–water partition coefficient (Wildman–Crippen LogP) is 9.94. The number of pyridine rings is 1. The van der Waals surface area contributed by atoms with Crippen LogP contribution in [0, 0.1) is 0 Å². The van der Waals surface area contributed by atoms with Gasteiger partial charge in [0.15, 0.2) is 7.14 Å². The van der Waals surface area contributed by atoms with Gasteiger partial charge in [-0.05, 0) is 73.6 Å². The topological polar surface area (TPSA) is 34.4 Å². The van der Waals surface area contributed by atoms with Crippen molar-refractivity contribution in [3.8, 4) is 0 Å². The summed E-state index contributed by atoms with van der Waals surface area (Å²) in [4.78, 5) is 5.48. The third-order valence-corrected chi connectivity index (χ3v) is 25.2. The van der Waals surface area contributed by atoms with Crippen molar-refractivity contribution in [1.82, 2.24) is 9.38 Å². The van der Waals surface area contributed by atoms with Gasteiger partial charge in [0.25, 0.3) is 0 Å². The highest BCUT2D eigenvalue weighted by Crippen LogP contribution is 2.47. The molecule has 302 valence electrons. The lowest BCUT2D eigenvalue weighted by molar-refractivity contribution is 0.592. The Kier molecular flexibility index (Phi) is 10.1. The van der Waals surface area contributed by atoms with E-state index in [0.29, 0.717) is 0 Å². The van der Waals surface area contributed by atoms with E-state index in [1.807, 2.05) is 72.8 Å². The summed E-state index contributed by atoms with van der Waals surface area (Å²) >= 11 is 13.8.